The van der Waals surface area contributed by atoms with Crippen LogP contribution in [0.5, 0.6) is 0 Å². The Balaban J connectivity index is 0.00000306. The van der Waals surface area contributed by atoms with Crippen LogP contribution in [0.2, 0.25) is 0 Å². The summed E-state index contributed by atoms with van der Waals surface area (Å²) in [5, 5.41) is 3.32. The number of aromatic nitrogens is 1. The first-order valence-electron chi connectivity index (χ1n) is 11.4. The van der Waals surface area contributed by atoms with Gasteiger partial charge in [0, 0.05) is 25.3 Å². The third-order valence-electron chi connectivity index (χ3n) is 6.69. The van der Waals surface area contributed by atoms with Crippen molar-refractivity contribution in [3.8, 4) is 0 Å². The van der Waals surface area contributed by atoms with Crippen LogP contribution >= 0.6 is 12.4 Å². The van der Waals surface area contributed by atoms with Gasteiger partial charge in [0.2, 0.25) is 0 Å². The molecule has 7 nitrogen and oxygen atoms in total. The van der Waals surface area contributed by atoms with E-state index in [9.17, 15) is 14.4 Å². The Kier molecular flexibility index (Phi) is 8.32. The third-order valence-corrected chi connectivity index (χ3v) is 6.69. The van der Waals surface area contributed by atoms with Crippen LogP contribution in [0, 0.1) is 12.8 Å². The van der Waals surface area contributed by atoms with Gasteiger partial charge in [0.1, 0.15) is 5.56 Å². The number of methoxy groups -OCH3 is 1. The number of hydrogen-bond acceptors (Lipinski definition) is 5. The van der Waals surface area contributed by atoms with E-state index < -0.39 is 0 Å². The molecule has 1 aromatic heterocycles. The van der Waals surface area contributed by atoms with Gasteiger partial charge in [-0.2, -0.15) is 0 Å². The van der Waals surface area contributed by atoms with E-state index in [2.05, 4.69) is 5.32 Å². The maximum atomic E-state index is 13.3. The molecule has 0 radical (unpaired) electrons. The summed E-state index contributed by atoms with van der Waals surface area (Å²) in [6.07, 6.45) is 5.29. The second kappa shape index (κ2) is 11.0. The highest BCUT2D eigenvalue weighted by Crippen LogP contribution is 2.24. The number of likely N-dealkylation sites (tertiary alicyclic amines) is 1. The van der Waals surface area contributed by atoms with Crippen LogP contribution in [-0.4, -0.2) is 54.6 Å². The first-order valence-corrected chi connectivity index (χ1v) is 11.4. The highest BCUT2D eigenvalue weighted by Gasteiger charge is 2.30. The van der Waals surface area contributed by atoms with Crippen LogP contribution in [-0.2, 0) is 11.2 Å². The fourth-order valence-electron chi connectivity index (χ4n) is 4.89. The summed E-state index contributed by atoms with van der Waals surface area (Å²) < 4.78 is 6.56. The van der Waals surface area contributed by atoms with Crippen molar-refractivity contribution in [2.24, 2.45) is 5.92 Å². The topological polar surface area (TPSA) is 80.6 Å². The molecule has 1 N–H and O–H groups in total. The molecule has 1 amide bonds. The fourth-order valence-corrected chi connectivity index (χ4v) is 4.89. The van der Waals surface area contributed by atoms with E-state index in [4.69, 9.17) is 4.74 Å². The van der Waals surface area contributed by atoms with E-state index in [1.165, 1.54) is 7.11 Å². The van der Waals surface area contributed by atoms with Gasteiger partial charge >= 0.3 is 5.97 Å². The van der Waals surface area contributed by atoms with Crippen LogP contribution in [0.1, 0.15) is 57.1 Å². The van der Waals surface area contributed by atoms with Crippen LogP contribution in [0.15, 0.2) is 41.3 Å². The molecule has 1 atom stereocenters. The van der Waals surface area contributed by atoms with Gasteiger partial charge < -0.3 is 19.5 Å². The van der Waals surface area contributed by atoms with Crippen molar-refractivity contribution in [1.82, 2.24) is 14.8 Å². The molecule has 0 aliphatic carbocycles. The third kappa shape index (κ3) is 5.47. The minimum atomic E-state index is -0.348. The van der Waals surface area contributed by atoms with Crippen molar-refractivity contribution < 1.29 is 14.3 Å². The van der Waals surface area contributed by atoms with E-state index in [-0.39, 0.29) is 35.9 Å². The van der Waals surface area contributed by atoms with Gasteiger partial charge in [-0.3, -0.25) is 9.59 Å². The number of benzene rings is 1. The molecule has 2 aromatic rings. The number of carbonyl (C=O) groups excluding carboxylic acids is 2. The SMILES string of the molecule is COC(=O)c1cccc(CC2CCN(C(=O)c3c(C)ccn(C4CCNCC4)c3=O)C2)c1.Cl. The number of pyridine rings is 1. The van der Waals surface area contributed by atoms with Crippen LogP contribution < -0.4 is 10.9 Å². The number of aryl methyl sites for hydroxylation is 1. The lowest BCUT2D eigenvalue weighted by atomic mass is 9.97. The van der Waals surface area contributed by atoms with Crippen molar-refractivity contribution in [1.29, 1.82) is 0 Å². The monoisotopic (exact) mass is 473 g/mol. The molecule has 1 unspecified atom stereocenters. The van der Waals surface area contributed by atoms with Gasteiger partial charge in [0.25, 0.3) is 11.5 Å². The summed E-state index contributed by atoms with van der Waals surface area (Å²) in [7, 11) is 1.38. The summed E-state index contributed by atoms with van der Waals surface area (Å²) in [6, 6.07) is 9.49. The molecule has 0 saturated carbocycles. The Morgan fingerprint density at radius 2 is 1.91 bits per heavy atom. The number of carbonyl (C=O) groups is 2. The molecule has 0 bridgehead atoms. The van der Waals surface area contributed by atoms with E-state index in [0.717, 1.165) is 49.9 Å². The summed E-state index contributed by atoms with van der Waals surface area (Å²) >= 11 is 0. The Hall–Kier alpha value is -2.64. The smallest absolute Gasteiger partial charge is 0.337 e. The number of piperidine rings is 1. The number of nitrogens with one attached hydrogen (secondary N) is 1. The Morgan fingerprint density at radius 1 is 1.15 bits per heavy atom. The quantitative estimate of drug-likeness (QED) is 0.675. The Morgan fingerprint density at radius 3 is 2.64 bits per heavy atom. The highest BCUT2D eigenvalue weighted by molar-refractivity contribution is 5.95. The van der Waals surface area contributed by atoms with Crippen LogP contribution in [0.3, 0.4) is 0 Å². The van der Waals surface area contributed by atoms with Crippen molar-refractivity contribution in [2.75, 3.05) is 33.3 Å². The van der Waals surface area contributed by atoms with E-state index >= 15 is 0 Å². The van der Waals surface area contributed by atoms with Gasteiger partial charge in [-0.1, -0.05) is 12.1 Å². The second-order valence-electron chi connectivity index (χ2n) is 8.87. The number of hydrogen-bond donors (Lipinski definition) is 1. The minimum Gasteiger partial charge on any atom is -0.465 e. The Labute approximate surface area is 200 Å². The molecule has 33 heavy (non-hydrogen) atoms. The first kappa shape index (κ1) is 25.0. The van der Waals surface area contributed by atoms with Gasteiger partial charge in [0.15, 0.2) is 0 Å². The predicted octanol–water partition coefficient (Wildman–Crippen LogP) is 2.99. The molecular weight excluding hydrogens is 442 g/mol. The molecule has 0 spiro atoms. The van der Waals surface area contributed by atoms with Crippen molar-refractivity contribution in [3.05, 3.63) is 69.1 Å². The lowest BCUT2D eigenvalue weighted by Crippen LogP contribution is -2.39. The maximum absolute atomic E-state index is 13.3. The lowest BCUT2D eigenvalue weighted by molar-refractivity contribution is 0.0600. The zero-order chi connectivity index (χ0) is 22.7. The zero-order valence-corrected chi connectivity index (χ0v) is 20.0. The predicted molar refractivity (Wildman–Crippen MR) is 129 cm³/mol. The van der Waals surface area contributed by atoms with Crippen molar-refractivity contribution in [2.45, 2.75) is 38.6 Å². The summed E-state index contributed by atoms with van der Waals surface area (Å²) in [6.45, 7) is 4.87. The number of nitrogens with zero attached hydrogens (tertiary/aromatic N) is 2. The number of esters is 1. The average Bonchev–Trinajstić information content (AvgIpc) is 3.28. The lowest BCUT2D eigenvalue weighted by Gasteiger charge is -2.26. The molecule has 2 saturated heterocycles. The summed E-state index contributed by atoms with van der Waals surface area (Å²) in [5.41, 5.74) is 2.46. The molecule has 4 rings (SSSR count). The summed E-state index contributed by atoms with van der Waals surface area (Å²) in [4.78, 5) is 40.2. The molecular formula is C25H32ClN3O4. The van der Waals surface area contributed by atoms with E-state index in [0.29, 0.717) is 30.1 Å². The van der Waals surface area contributed by atoms with Gasteiger partial charge in [-0.25, -0.2) is 4.79 Å². The van der Waals surface area contributed by atoms with Gasteiger partial charge in [-0.15, -0.1) is 12.4 Å². The van der Waals surface area contributed by atoms with Gasteiger partial charge in [0.05, 0.1) is 12.7 Å². The maximum Gasteiger partial charge on any atom is 0.337 e. The van der Waals surface area contributed by atoms with E-state index in [1.54, 1.807) is 10.6 Å². The fraction of sp³-hybridized carbons (Fsp3) is 0.480. The number of amides is 1. The molecule has 8 heteroatoms. The molecule has 3 heterocycles. The number of halogens is 1. The number of ether oxygens (including phenoxy) is 1. The molecule has 1 aromatic carbocycles. The van der Waals surface area contributed by atoms with Gasteiger partial charge in [-0.05, 0) is 80.9 Å². The van der Waals surface area contributed by atoms with E-state index in [1.807, 2.05) is 42.3 Å². The zero-order valence-electron chi connectivity index (χ0n) is 19.2. The average molecular weight is 474 g/mol. The first-order chi connectivity index (χ1) is 15.5. The number of rotatable bonds is 5. The highest BCUT2D eigenvalue weighted by atomic mass is 35.5. The largest absolute Gasteiger partial charge is 0.465 e. The van der Waals surface area contributed by atoms with Crippen molar-refractivity contribution in [3.63, 3.8) is 0 Å². The molecule has 178 valence electrons. The standard InChI is InChI=1S/C25H31N3O4.ClH/c1-17-8-13-28(21-6-10-26-11-7-21)24(30)22(17)23(29)27-12-9-19(16-27)14-18-4-3-5-20(15-18)25(31)32-2;/h3-5,8,13,15,19,21,26H,6-7,9-12,14,16H2,1-2H3;1H. The molecule has 2 aliphatic rings. The molecule has 2 aliphatic heterocycles. The minimum absolute atomic E-state index is 0. The second-order valence-corrected chi connectivity index (χ2v) is 8.87. The van der Waals surface area contributed by atoms with Crippen molar-refractivity contribution >= 4 is 24.3 Å². The normalized spacial score (nSPS) is 18.6. The van der Waals surface area contributed by atoms with Crippen LogP contribution in [0.25, 0.3) is 0 Å². The molecule has 2 fully saturated rings. The summed E-state index contributed by atoms with van der Waals surface area (Å²) in [5.74, 6) is -0.219. The Bertz CT molecular complexity index is 1060. The van der Waals surface area contributed by atoms with Crippen LogP contribution in [0.4, 0.5) is 0 Å².